The summed E-state index contributed by atoms with van der Waals surface area (Å²) in [6.07, 6.45) is -1.29. The lowest BCUT2D eigenvalue weighted by atomic mass is 10.2. The maximum absolute atomic E-state index is 11.7. The number of carbonyl (C=O) groups is 2. The average Bonchev–Trinajstić information content (AvgIpc) is 2.20. The Bertz CT molecular complexity index is 274. The topological polar surface area (TPSA) is 88.1 Å². The molecule has 1 atom stereocenters. The summed E-state index contributed by atoms with van der Waals surface area (Å²) in [4.78, 5) is 27.0. The number of carbonyl (C=O) groups excluding carboxylic acids is 1. The highest BCUT2D eigenvalue weighted by Gasteiger charge is 2.26. The number of hydrogen-bond acceptors (Lipinski definition) is 4. The van der Waals surface area contributed by atoms with Gasteiger partial charge >= 0.3 is 6.09 Å². The van der Waals surface area contributed by atoms with E-state index in [-0.39, 0.29) is 6.61 Å². The molecular weight excluding hydrogens is 228 g/mol. The average molecular weight is 248 g/mol. The SMILES string of the molecule is CON(C)C(=O)[C@H](COC(C)(C)C)NC(=O)O. The number of carboxylic acid groups (broad SMARTS) is 1. The lowest BCUT2D eigenvalue weighted by Crippen LogP contribution is -2.50. The summed E-state index contributed by atoms with van der Waals surface area (Å²) in [5, 5.41) is 11.7. The molecule has 7 nitrogen and oxygen atoms in total. The van der Waals surface area contributed by atoms with Gasteiger partial charge in [0, 0.05) is 7.05 Å². The molecule has 0 aromatic heterocycles. The van der Waals surface area contributed by atoms with Crippen molar-refractivity contribution in [1.82, 2.24) is 10.4 Å². The summed E-state index contributed by atoms with van der Waals surface area (Å²) in [7, 11) is 2.72. The van der Waals surface area contributed by atoms with E-state index in [1.54, 1.807) is 0 Å². The van der Waals surface area contributed by atoms with Crippen molar-refractivity contribution < 1.29 is 24.3 Å². The molecule has 7 heteroatoms. The zero-order chi connectivity index (χ0) is 13.6. The number of rotatable bonds is 5. The van der Waals surface area contributed by atoms with Crippen LogP contribution in [-0.4, -0.2) is 54.6 Å². The largest absolute Gasteiger partial charge is 0.465 e. The number of ether oxygens (including phenoxy) is 1. The molecule has 17 heavy (non-hydrogen) atoms. The molecule has 0 spiro atoms. The minimum atomic E-state index is -1.29. The second-order valence-corrected chi connectivity index (χ2v) is 4.44. The lowest BCUT2D eigenvalue weighted by Gasteiger charge is -2.26. The van der Waals surface area contributed by atoms with Crippen LogP contribution < -0.4 is 5.32 Å². The van der Waals surface area contributed by atoms with Gasteiger partial charge in [-0.15, -0.1) is 0 Å². The fraction of sp³-hybridized carbons (Fsp3) is 0.800. The second kappa shape index (κ2) is 6.41. The number of hydrogen-bond donors (Lipinski definition) is 2. The van der Waals surface area contributed by atoms with E-state index < -0.39 is 23.6 Å². The van der Waals surface area contributed by atoms with E-state index in [4.69, 9.17) is 14.7 Å². The maximum atomic E-state index is 11.7. The molecule has 0 aliphatic heterocycles. The first-order chi connectivity index (χ1) is 7.67. The Morgan fingerprint density at radius 2 is 1.94 bits per heavy atom. The van der Waals surface area contributed by atoms with Crippen molar-refractivity contribution in [1.29, 1.82) is 0 Å². The van der Waals surface area contributed by atoms with E-state index >= 15 is 0 Å². The van der Waals surface area contributed by atoms with Gasteiger partial charge in [0.15, 0.2) is 0 Å². The standard InChI is InChI=1S/C10H20N2O5/c1-10(2,3)17-6-7(11-9(14)15)8(13)12(4)16-5/h7,11H,6H2,1-5H3,(H,14,15)/t7-/m0/s1. The van der Waals surface area contributed by atoms with Gasteiger partial charge in [-0.1, -0.05) is 0 Å². The zero-order valence-electron chi connectivity index (χ0n) is 10.8. The van der Waals surface area contributed by atoms with Crippen LogP contribution in [0.5, 0.6) is 0 Å². The Labute approximate surface area is 101 Å². The summed E-state index contributed by atoms with van der Waals surface area (Å²) < 4.78 is 5.38. The van der Waals surface area contributed by atoms with Gasteiger partial charge in [0.05, 0.1) is 19.3 Å². The Morgan fingerprint density at radius 3 is 2.29 bits per heavy atom. The van der Waals surface area contributed by atoms with Crippen molar-refractivity contribution in [3.05, 3.63) is 0 Å². The van der Waals surface area contributed by atoms with E-state index in [0.29, 0.717) is 0 Å². The molecule has 2 N–H and O–H groups in total. The van der Waals surface area contributed by atoms with E-state index in [2.05, 4.69) is 5.32 Å². The third-order valence-electron chi connectivity index (χ3n) is 1.86. The molecule has 0 aromatic rings. The number of nitrogens with zero attached hydrogens (tertiary/aromatic N) is 1. The van der Waals surface area contributed by atoms with Gasteiger partial charge < -0.3 is 15.2 Å². The van der Waals surface area contributed by atoms with Crippen LogP contribution in [0.1, 0.15) is 20.8 Å². The van der Waals surface area contributed by atoms with Crippen molar-refractivity contribution in [2.45, 2.75) is 32.4 Å². The zero-order valence-corrected chi connectivity index (χ0v) is 10.8. The molecule has 100 valence electrons. The molecule has 2 amide bonds. The lowest BCUT2D eigenvalue weighted by molar-refractivity contribution is -0.173. The van der Waals surface area contributed by atoms with Gasteiger partial charge in [-0.2, -0.15) is 0 Å². The highest BCUT2D eigenvalue weighted by atomic mass is 16.7. The van der Waals surface area contributed by atoms with Crippen LogP contribution in [0.25, 0.3) is 0 Å². The minimum absolute atomic E-state index is 0.0532. The number of nitrogens with one attached hydrogen (secondary N) is 1. The summed E-state index contributed by atoms with van der Waals surface area (Å²) >= 11 is 0. The van der Waals surface area contributed by atoms with Crippen LogP contribution in [0, 0.1) is 0 Å². The van der Waals surface area contributed by atoms with Crippen molar-refractivity contribution in [3.8, 4) is 0 Å². The molecule has 0 saturated heterocycles. The van der Waals surface area contributed by atoms with Crippen molar-refractivity contribution >= 4 is 12.0 Å². The predicted molar refractivity (Wildman–Crippen MR) is 60.4 cm³/mol. The fourth-order valence-corrected chi connectivity index (χ4v) is 0.967. The van der Waals surface area contributed by atoms with E-state index in [0.717, 1.165) is 5.06 Å². The van der Waals surface area contributed by atoms with Gasteiger partial charge in [-0.25, -0.2) is 9.86 Å². The third kappa shape index (κ3) is 6.75. The van der Waals surface area contributed by atoms with Crippen LogP contribution in [0.15, 0.2) is 0 Å². The molecule has 0 saturated carbocycles. The number of hydroxylamine groups is 2. The molecule has 0 rings (SSSR count). The maximum Gasteiger partial charge on any atom is 0.405 e. The third-order valence-corrected chi connectivity index (χ3v) is 1.86. The quantitative estimate of drug-likeness (QED) is 0.690. The summed E-state index contributed by atoms with van der Waals surface area (Å²) in [5.41, 5.74) is -0.454. The monoisotopic (exact) mass is 248 g/mol. The molecule has 0 fully saturated rings. The highest BCUT2D eigenvalue weighted by molar-refractivity contribution is 5.84. The smallest absolute Gasteiger partial charge is 0.405 e. The predicted octanol–water partition coefficient (Wildman–Crippen LogP) is 0.457. The van der Waals surface area contributed by atoms with Gasteiger partial charge in [0.2, 0.25) is 0 Å². The Hall–Kier alpha value is -1.34. The van der Waals surface area contributed by atoms with Crippen LogP contribution >= 0.6 is 0 Å². The van der Waals surface area contributed by atoms with Crippen molar-refractivity contribution in [2.24, 2.45) is 0 Å². The van der Waals surface area contributed by atoms with Gasteiger partial charge in [-0.3, -0.25) is 9.63 Å². The van der Waals surface area contributed by atoms with E-state index in [1.165, 1.54) is 14.2 Å². The van der Waals surface area contributed by atoms with Gasteiger partial charge in [-0.05, 0) is 20.8 Å². The summed E-state index contributed by atoms with van der Waals surface area (Å²) in [5.74, 6) is -0.515. The second-order valence-electron chi connectivity index (χ2n) is 4.44. The van der Waals surface area contributed by atoms with Crippen molar-refractivity contribution in [3.63, 3.8) is 0 Å². The first kappa shape index (κ1) is 15.7. The molecule has 0 aliphatic rings. The van der Waals surface area contributed by atoms with E-state index in [1.807, 2.05) is 20.8 Å². The molecule has 0 unspecified atom stereocenters. The molecular formula is C10H20N2O5. The van der Waals surface area contributed by atoms with Crippen LogP contribution in [0.2, 0.25) is 0 Å². The first-order valence-corrected chi connectivity index (χ1v) is 5.12. The van der Waals surface area contributed by atoms with E-state index in [9.17, 15) is 9.59 Å². The minimum Gasteiger partial charge on any atom is -0.465 e. The normalized spacial score (nSPS) is 13.0. The highest BCUT2D eigenvalue weighted by Crippen LogP contribution is 2.08. The Kier molecular flexibility index (Phi) is 5.90. The Morgan fingerprint density at radius 1 is 1.41 bits per heavy atom. The Balaban J connectivity index is 4.53. The van der Waals surface area contributed by atoms with Gasteiger partial charge in [0.1, 0.15) is 6.04 Å². The van der Waals surface area contributed by atoms with Crippen LogP contribution in [0.3, 0.4) is 0 Å². The molecule has 0 radical (unpaired) electrons. The number of likely N-dealkylation sites (N-methyl/N-ethyl adjacent to an activating group) is 1. The molecule has 0 aromatic carbocycles. The molecule has 0 aliphatic carbocycles. The van der Waals surface area contributed by atoms with Crippen LogP contribution in [0.4, 0.5) is 4.79 Å². The number of amides is 2. The van der Waals surface area contributed by atoms with Crippen LogP contribution in [-0.2, 0) is 14.4 Å². The summed E-state index contributed by atoms with van der Waals surface area (Å²) in [6.45, 7) is 5.39. The molecule has 0 heterocycles. The molecule has 0 bridgehead atoms. The van der Waals surface area contributed by atoms with Crippen molar-refractivity contribution in [2.75, 3.05) is 20.8 Å². The first-order valence-electron chi connectivity index (χ1n) is 5.12. The summed E-state index contributed by atoms with van der Waals surface area (Å²) in [6, 6.07) is -0.989. The van der Waals surface area contributed by atoms with Gasteiger partial charge in [0.25, 0.3) is 5.91 Å². The fourth-order valence-electron chi connectivity index (χ4n) is 0.967.